The predicted molar refractivity (Wildman–Crippen MR) is 438 cm³/mol. The van der Waals surface area contributed by atoms with Gasteiger partial charge < -0.3 is 65.1 Å². The van der Waals surface area contributed by atoms with Crippen LogP contribution in [0.2, 0.25) is 5.28 Å². The van der Waals surface area contributed by atoms with Gasteiger partial charge in [-0.15, -0.1) is 0 Å². The highest BCUT2D eigenvalue weighted by molar-refractivity contribution is 6.28. The number of halogens is 3. The molecule has 6 N–H and O–H groups in total. The minimum atomic E-state index is -0.676. The van der Waals surface area contributed by atoms with E-state index in [-0.39, 0.29) is 83.7 Å². The Morgan fingerprint density at radius 2 is 0.877 bits per heavy atom. The van der Waals surface area contributed by atoms with Gasteiger partial charge in [0.15, 0.2) is 24.8 Å². The lowest BCUT2D eigenvalue weighted by atomic mass is 9.97. The number of aromatic nitrogens is 9. The maximum absolute atomic E-state index is 15.4. The van der Waals surface area contributed by atoms with Crippen molar-refractivity contribution in [1.82, 2.24) is 53.8 Å². The van der Waals surface area contributed by atoms with Crippen molar-refractivity contribution in [2.24, 2.45) is 10.8 Å². The van der Waals surface area contributed by atoms with Gasteiger partial charge in [-0.3, -0.25) is 42.9 Å². The van der Waals surface area contributed by atoms with Gasteiger partial charge in [0.25, 0.3) is 0 Å². The standard InChI is InChI=1S/C34H40FN7O4.C28H30FN7O2.C21H21ClN4O4/c1-6-14-40-16-18-41(19-17-40)28-12-11-24(21-27(28)35)37-33-38-30-26(13-15-42(30)22-45-32(44)34(3,4)5)31(39-33)46-25-10-8-9-23(20-25)36-29(43)7-2;1-3-12-35-13-15-36(16-14-35)24-9-8-20(18-23(24)29)32-28-33-26-22(10-11-30-26)27(34-28)38-21-7-5-6-19(17-21)31-25(37)4-2;1-5-16(27)23-13-7-6-8-14(11-13)30-18-15-9-10-26(17(15)24-20(22)25-18)12-29-19(28)21(2,3)4/h7-13,15,20-21H,2,6,14,16-19,22H2,1,3-5H3,(H,36,43)(H,37,38,39);4-11,17-18H,2-3,12-16H2,1H3,(H,31,37)(H2,30,32,33,34);5-11H,1,12H2,2-4H3,(H,23,27). The summed E-state index contributed by atoms with van der Waals surface area (Å²) in [4.78, 5) is 98.2. The number of anilines is 9. The summed E-state index contributed by atoms with van der Waals surface area (Å²) in [6, 6.07) is 36.0. The molecule has 31 heteroatoms. The van der Waals surface area contributed by atoms with Gasteiger partial charge in [-0.2, -0.15) is 29.9 Å². The summed E-state index contributed by atoms with van der Waals surface area (Å²) >= 11 is 6.08. The van der Waals surface area contributed by atoms with Crippen molar-refractivity contribution in [1.29, 1.82) is 0 Å². The smallest absolute Gasteiger partial charge is 0.312 e. The average molecular weight is 1570 g/mol. The van der Waals surface area contributed by atoms with Gasteiger partial charge in [-0.1, -0.05) is 51.8 Å². The molecule has 0 saturated carbocycles. The van der Waals surface area contributed by atoms with Crippen LogP contribution in [0.25, 0.3) is 33.1 Å². The van der Waals surface area contributed by atoms with E-state index in [1.54, 1.807) is 172 Å². The molecule has 0 aliphatic carbocycles. The lowest BCUT2D eigenvalue weighted by Crippen LogP contribution is -2.46. The van der Waals surface area contributed by atoms with E-state index in [4.69, 9.17) is 35.3 Å². The van der Waals surface area contributed by atoms with Gasteiger partial charge in [-0.05, 0) is 188 Å². The van der Waals surface area contributed by atoms with E-state index in [0.29, 0.717) is 96.0 Å². The second kappa shape index (κ2) is 37.5. The third kappa shape index (κ3) is 21.9. The van der Waals surface area contributed by atoms with Crippen LogP contribution in [0.1, 0.15) is 68.2 Å². The molecule has 8 heterocycles. The minimum Gasteiger partial charge on any atom is -0.443 e. The average Bonchev–Trinajstić information content (AvgIpc) is 1.63. The molecule has 2 fully saturated rings. The van der Waals surface area contributed by atoms with Gasteiger partial charge >= 0.3 is 11.9 Å². The zero-order valence-corrected chi connectivity index (χ0v) is 65.4. The Hall–Kier alpha value is -12.8. The molecule has 5 aromatic carbocycles. The maximum Gasteiger partial charge on any atom is 0.312 e. The molecule has 2 aliphatic heterocycles. The fourth-order valence-corrected chi connectivity index (χ4v) is 12.2. The number of benzene rings is 5. The Morgan fingerprint density at radius 3 is 1.27 bits per heavy atom. The number of amides is 3. The van der Waals surface area contributed by atoms with Crippen molar-refractivity contribution in [2.45, 2.75) is 81.7 Å². The summed E-state index contributed by atoms with van der Waals surface area (Å²) < 4.78 is 62.8. The molecule has 11 aromatic rings. The fraction of sp³-hybridized carbons (Fsp3) is 0.289. The molecule has 0 radical (unpaired) electrons. The number of nitrogens with zero attached hydrogens (tertiary/aromatic N) is 12. The Labute approximate surface area is 663 Å². The van der Waals surface area contributed by atoms with E-state index in [1.165, 1.54) is 30.4 Å². The quantitative estimate of drug-likeness (QED) is 0.0167. The minimum absolute atomic E-state index is 0.0179. The van der Waals surface area contributed by atoms with Crippen LogP contribution in [0.4, 0.5) is 60.5 Å². The van der Waals surface area contributed by atoms with E-state index < -0.39 is 10.8 Å². The number of carbonyl (C=O) groups excluding carboxylic acids is 5. The molecule has 2 aliphatic rings. The second-order valence-corrected chi connectivity index (χ2v) is 29.0. The predicted octanol–water partition coefficient (Wildman–Crippen LogP) is 16.1. The van der Waals surface area contributed by atoms with Gasteiger partial charge in [-0.25, -0.2) is 8.78 Å². The normalized spacial score (nSPS) is 13.1. The molecule has 0 atom stereocenters. The molecule has 28 nitrogen and oxygen atoms in total. The highest BCUT2D eigenvalue weighted by Crippen LogP contribution is 2.37. The Bertz CT molecular complexity index is 5310. The van der Waals surface area contributed by atoms with E-state index in [0.717, 1.165) is 78.3 Å². The van der Waals surface area contributed by atoms with Crippen molar-refractivity contribution in [3.63, 3.8) is 0 Å². The zero-order chi connectivity index (χ0) is 81.2. The first-order chi connectivity index (χ1) is 54.7. The van der Waals surface area contributed by atoms with Crippen molar-refractivity contribution in [3.8, 4) is 34.9 Å². The molecular formula is C83H91ClF2N18O10. The van der Waals surface area contributed by atoms with Crippen LogP contribution in [0.5, 0.6) is 34.9 Å². The van der Waals surface area contributed by atoms with Gasteiger partial charge in [0.1, 0.15) is 34.5 Å². The Kier molecular flexibility index (Phi) is 27.0. The molecule has 3 amide bonds. The van der Waals surface area contributed by atoms with Crippen molar-refractivity contribution >= 4 is 126 Å². The largest absolute Gasteiger partial charge is 0.443 e. The number of rotatable bonds is 26. The number of hydrogen-bond acceptors (Lipinski definition) is 22. The maximum atomic E-state index is 15.4. The summed E-state index contributed by atoms with van der Waals surface area (Å²) in [5.74, 6) is 0.160. The second-order valence-electron chi connectivity index (χ2n) is 28.6. The third-order valence-electron chi connectivity index (χ3n) is 17.8. The van der Waals surface area contributed by atoms with Crippen molar-refractivity contribution in [2.75, 3.05) is 102 Å². The van der Waals surface area contributed by atoms with Crippen LogP contribution in [-0.2, 0) is 46.9 Å². The molecule has 0 bridgehead atoms. The first kappa shape index (κ1) is 82.2. The molecule has 114 heavy (non-hydrogen) atoms. The zero-order valence-electron chi connectivity index (χ0n) is 64.7. The lowest BCUT2D eigenvalue weighted by molar-refractivity contribution is -0.157. The Balaban J connectivity index is 0.000000172. The number of piperazine rings is 2. The number of hydrogen-bond donors (Lipinski definition) is 6. The summed E-state index contributed by atoms with van der Waals surface area (Å²) in [7, 11) is 0. The number of H-pyrrole nitrogens is 1. The summed E-state index contributed by atoms with van der Waals surface area (Å²) in [5, 5.41) is 16.1. The van der Waals surface area contributed by atoms with Gasteiger partial charge in [0.05, 0.1) is 38.4 Å². The third-order valence-corrected chi connectivity index (χ3v) is 18.0. The fourth-order valence-electron chi connectivity index (χ4n) is 12.0. The number of carbonyl (C=O) groups is 5. The summed E-state index contributed by atoms with van der Waals surface area (Å²) in [5.41, 5.74) is 3.93. The van der Waals surface area contributed by atoms with E-state index in [1.807, 2.05) is 12.1 Å². The molecule has 594 valence electrons. The van der Waals surface area contributed by atoms with Crippen molar-refractivity contribution < 1.29 is 56.4 Å². The number of esters is 2. The summed E-state index contributed by atoms with van der Waals surface area (Å²) in [6.45, 7) is 34.2. The molecule has 0 unspecified atom stereocenters. The van der Waals surface area contributed by atoms with Crippen LogP contribution >= 0.6 is 11.6 Å². The molecule has 6 aromatic heterocycles. The molecular weight excluding hydrogens is 1480 g/mol. The number of ether oxygens (including phenoxy) is 5. The molecule has 0 spiro atoms. The topological polar surface area (TPSA) is 308 Å². The van der Waals surface area contributed by atoms with Crippen LogP contribution < -0.4 is 50.6 Å². The van der Waals surface area contributed by atoms with Crippen LogP contribution in [0, 0.1) is 22.5 Å². The van der Waals surface area contributed by atoms with E-state index in [9.17, 15) is 24.0 Å². The Morgan fingerprint density at radius 1 is 0.482 bits per heavy atom. The van der Waals surface area contributed by atoms with Crippen LogP contribution in [0.15, 0.2) is 184 Å². The molecule has 13 rings (SSSR count). The van der Waals surface area contributed by atoms with Crippen LogP contribution in [-0.4, -0.2) is 149 Å². The van der Waals surface area contributed by atoms with E-state index >= 15 is 8.78 Å². The van der Waals surface area contributed by atoms with Crippen molar-refractivity contribution in [3.05, 3.63) is 201 Å². The number of fused-ring (bicyclic) bond motifs is 3. The van der Waals surface area contributed by atoms with Crippen LogP contribution in [0.3, 0.4) is 0 Å². The number of aromatic amines is 1. The first-order valence-corrected chi connectivity index (χ1v) is 37.4. The van der Waals surface area contributed by atoms with E-state index in [2.05, 4.69) is 115 Å². The van der Waals surface area contributed by atoms with Gasteiger partial charge in [0.2, 0.25) is 52.5 Å². The highest BCUT2D eigenvalue weighted by Gasteiger charge is 2.27. The molecule has 2 saturated heterocycles. The lowest BCUT2D eigenvalue weighted by Gasteiger charge is -2.36. The SMILES string of the molecule is C=CC(=O)Nc1cccc(Oc2nc(Cl)nc3c2ccn3COC(=O)C(C)(C)C)c1.C=CC(=O)Nc1cccc(Oc2nc(Nc3ccc(N4CCN(CCC)CC4)c(F)c3)nc3[nH]ccc23)c1.C=CC(=O)Nc1cccc(Oc2nc(Nc3ccc(N4CCN(CCC)CC4)c(F)c3)nc3c2ccn3COC(=O)C(C)(C)C)c1. The summed E-state index contributed by atoms with van der Waals surface area (Å²) in [6.07, 6.45) is 10.9. The monoisotopic (exact) mass is 1570 g/mol. The van der Waals surface area contributed by atoms with Gasteiger partial charge in [0, 0.05) is 118 Å². The highest BCUT2D eigenvalue weighted by atomic mass is 35.5. The first-order valence-electron chi connectivity index (χ1n) is 37.0. The number of nitrogens with one attached hydrogen (secondary N) is 6.